The van der Waals surface area contributed by atoms with Crippen molar-refractivity contribution in [1.29, 1.82) is 0 Å². The van der Waals surface area contributed by atoms with Crippen molar-refractivity contribution in [2.75, 3.05) is 0 Å². The maximum atomic E-state index is 13.1. The summed E-state index contributed by atoms with van der Waals surface area (Å²) in [6.45, 7) is -0.103. The molecule has 0 spiro atoms. The van der Waals surface area contributed by atoms with Crippen LogP contribution in [0.5, 0.6) is 5.75 Å². The zero-order valence-corrected chi connectivity index (χ0v) is 14.1. The molecule has 9 heteroatoms. The SMILES string of the molecule is O=c1cc(C(F)(F)F)c2ccc(OCc3nc(-c4ccccc4)no3)cc2o1. The van der Waals surface area contributed by atoms with E-state index in [1.807, 2.05) is 30.3 Å². The predicted octanol–water partition coefficient (Wildman–Crippen LogP) is 4.44. The normalized spacial score (nSPS) is 11.7. The van der Waals surface area contributed by atoms with Crippen molar-refractivity contribution < 1.29 is 26.8 Å². The maximum absolute atomic E-state index is 13.1. The van der Waals surface area contributed by atoms with Gasteiger partial charge in [0.2, 0.25) is 5.82 Å². The van der Waals surface area contributed by atoms with E-state index < -0.39 is 17.4 Å². The fourth-order valence-electron chi connectivity index (χ4n) is 2.63. The van der Waals surface area contributed by atoms with E-state index in [9.17, 15) is 18.0 Å². The van der Waals surface area contributed by atoms with Crippen LogP contribution in [0.3, 0.4) is 0 Å². The molecule has 2 aromatic heterocycles. The van der Waals surface area contributed by atoms with Crippen LogP contribution in [-0.4, -0.2) is 10.1 Å². The molecule has 0 amide bonds. The quantitative estimate of drug-likeness (QED) is 0.481. The van der Waals surface area contributed by atoms with E-state index in [2.05, 4.69) is 10.1 Å². The smallest absolute Gasteiger partial charge is 0.417 e. The van der Waals surface area contributed by atoms with Crippen molar-refractivity contribution in [3.63, 3.8) is 0 Å². The van der Waals surface area contributed by atoms with Crippen molar-refractivity contribution in [2.24, 2.45) is 0 Å². The second-order valence-corrected chi connectivity index (χ2v) is 5.80. The van der Waals surface area contributed by atoms with Gasteiger partial charge in [0.05, 0.1) is 5.56 Å². The van der Waals surface area contributed by atoms with Gasteiger partial charge in [0.15, 0.2) is 6.61 Å². The maximum Gasteiger partial charge on any atom is 0.417 e. The van der Waals surface area contributed by atoms with Crippen LogP contribution >= 0.6 is 0 Å². The first-order valence-electron chi connectivity index (χ1n) is 8.06. The average molecular weight is 388 g/mol. The largest absolute Gasteiger partial charge is 0.484 e. The third kappa shape index (κ3) is 3.59. The summed E-state index contributed by atoms with van der Waals surface area (Å²) >= 11 is 0. The number of benzene rings is 2. The standard InChI is InChI=1S/C19H11F3N2O4/c20-19(21,22)14-9-17(25)27-15-8-12(6-7-13(14)15)26-10-16-23-18(24-28-16)11-4-2-1-3-5-11/h1-9H,10H2. The Morgan fingerprint density at radius 2 is 1.82 bits per heavy atom. The van der Waals surface area contributed by atoms with Crippen LogP contribution in [0.15, 0.2) is 68.3 Å². The van der Waals surface area contributed by atoms with Gasteiger partial charge in [-0.1, -0.05) is 35.5 Å². The minimum absolute atomic E-state index is 0.103. The van der Waals surface area contributed by atoms with Crippen molar-refractivity contribution in [3.05, 3.63) is 76.5 Å². The van der Waals surface area contributed by atoms with E-state index in [1.165, 1.54) is 18.2 Å². The highest BCUT2D eigenvalue weighted by molar-refractivity contribution is 5.82. The number of aromatic nitrogens is 2. The lowest BCUT2D eigenvalue weighted by molar-refractivity contribution is -0.136. The number of nitrogens with zero attached hydrogens (tertiary/aromatic N) is 2. The van der Waals surface area contributed by atoms with Crippen LogP contribution in [0, 0.1) is 0 Å². The molecule has 2 aromatic carbocycles. The van der Waals surface area contributed by atoms with E-state index in [-0.39, 0.29) is 29.2 Å². The Bertz CT molecular complexity index is 1180. The Hall–Kier alpha value is -3.62. The topological polar surface area (TPSA) is 78.4 Å². The second-order valence-electron chi connectivity index (χ2n) is 5.80. The summed E-state index contributed by atoms with van der Waals surface area (Å²) in [6, 6.07) is 13.3. The van der Waals surface area contributed by atoms with Gasteiger partial charge in [-0.2, -0.15) is 18.2 Å². The van der Waals surface area contributed by atoms with Crippen molar-refractivity contribution in [1.82, 2.24) is 10.1 Å². The molecular formula is C19H11F3N2O4. The molecule has 0 aliphatic heterocycles. The van der Waals surface area contributed by atoms with E-state index in [1.54, 1.807) is 0 Å². The summed E-state index contributed by atoms with van der Waals surface area (Å²) in [5, 5.41) is 3.62. The predicted molar refractivity (Wildman–Crippen MR) is 91.6 cm³/mol. The molecule has 0 N–H and O–H groups in total. The fourth-order valence-corrected chi connectivity index (χ4v) is 2.63. The summed E-state index contributed by atoms with van der Waals surface area (Å²) in [6.07, 6.45) is -4.67. The summed E-state index contributed by atoms with van der Waals surface area (Å²) in [4.78, 5) is 15.6. The molecule has 142 valence electrons. The lowest BCUT2D eigenvalue weighted by Crippen LogP contribution is -2.11. The highest BCUT2D eigenvalue weighted by Gasteiger charge is 2.33. The third-order valence-electron chi connectivity index (χ3n) is 3.88. The molecule has 0 fully saturated rings. The van der Waals surface area contributed by atoms with Crippen molar-refractivity contribution in [2.45, 2.75) is 12.8 Å². The Balaban J connectivity index is 1.56. The zero-order valence-electron chi connectivity index (χ0n) is 14.1. The minimum Gasteiger partial charge on any atom is -0.484 e. The molecule has 0 atom stereocenters. The summed E-state index contributed by atoms with van der Waals surface area (Å²) in [7, 11) is 0. The molecule has 0 unspecified atom stereocenters. The Kier molecular flexibility index (Phi) is 4.34. The monoisotopic (exact) mass is 388 g/mol. The number of fused-ring (bicyclic) bond motifs is 1. The molecule has 4 rings (SSSR count). The van der Waals surface area contributed by atoms with Gasteiger partial charge in [0.25, 0.3) is 5.89 Å². The Morgan fingerprint density at radius 3 is 2.57 bits per heavy atom. The number of ether oxygens (including phenoxy) is 1. The molecule has 0 radical (unpaired) electrons. The molecule has 4 aromatic rings. The Morgan fingerprint density at radius 1 is 1.04 bits per heavy atom. The lowest BCUT2D eigenvalue weighted by Gasteiger charge is -2.10. The van der Waals surface area contributed by atoms with E-state index in [0.717, 1.165) is 5.56 Å². The first kappa shape index (κ1) is 17.8. The average Bonchev–Trinajstić information content (AvgIpc) is 3.14. The minimum atomic E-state index is -4.67. The highest BCUT2D eigenvalue weighted by Crippen LogP contribution is 2.34. The summed E-state index contributed by atoms with van der Waals surface area (Å²) < 4.78 is 54.7. The van der Waals surface area contributed by atoms with Gasteiger partial charge in [0, 0.05) is 23.1 Å². The number of alkyl halides is 3. The van der Waals surface area contributed by atoms with Gasteiger partial charge in [-0.05, 0) is 12.1 Å². The van der Waals surface area contributed by atoms with Crippen LogP contribution in [0.4, 0.5) is 13.2 Å². The van der Waals surface area contributed by atoms with Gasteiger partial charge < -0.3 is 13.7 Å². The molecule has 0 aliphatic carbocycles. The Labute approximate surface area is 155 Å². The number of rotatable bonds is 4. The van der Waals surface area contributed by atoms with Gasteiger partial charge in [0.1, 0.15) is 11.3 Å². The first-order chi connectivity index (χ1) is 13.4. The van der Waals surface area contributed by atoms with Crippen LogP contribution in [0.2, 0.25) is 0 Å². The van der Waals surface area contributed by atoms with Gasteiger partial charge in [-0.25, -0.2) is 4.79 Å². The molecule has 0 saturated heterocycles. The number of halogens is 3. The van der Waals surface area contributed by atoms with Crippen molar-refractivity contribution >= 4 is 11.0 Å². The number of hydrogen-bond donors (Lipinski definition) is 0. The highest BCUT2D eigenvalue weighted by atomic mass is 19.4. The van der Waals surface area contributed by atoms with E-state index in [0.29, 0.717) is 11.9 Å². The fraction of sp³-hybridized carbons (Fsp3) is 0.105. The van der Waals surface area contributed by atoms with E-state index in [4.69, 9.17) is 13.7 Å². The summed E-state index contributed by atoms with van der Waals surface area (Å²) in [5.74, 6) is 0.761. The third-order valence-corrected chi connectivity index (χ3v) is 3.88. The van der Waals surface area contributed by atoms with E-state index >= 15 is 0 Å². The molecule has 6 nitrogen and oxygen atoms in total. The molecular weight excluding hydrogens is 377 g/mol. The van der Waals surface area contributed by atoms with Gasteiger partial charge in [-0.3, -0.25) is 0 Å². The van der Waals surface area contributed by atoms with Gasteiger partial charge >= 0.3 is 11.8 Å². The number of hydrogen-bond acceptors (Lipinski definition) is 6. The van der Waals surface area contributed by atoms with Crippen LogP contribution in [0.25, 0.3) is 22.4 Å². The van der Waals surface area contributed by atoms with Crippen LogP contribution in [0.1, 0.15) is 11.5 Å². The first-order valence-corrected chi connectivity index (χ1v) is 8.06. The zero-order chi connectivity index (χ0) is 19.7. The second kappa shape index (κ2) is 6.84. The van der Waals surface area contributed by atoms with Gasteiger partial charge in [-0.15, -0.1) is 0 Å². The molecule has 28 heavy (non-hydrogen) atoms. The molecule has 0 saturated carbocycles. The molecule has 2 heterocycles. The van der Waals surface area contributed by atoms with Crippen LogP contribution in [-0.2, 0) is 12.8 Å². The molecule has 0 bridgehead atoms. The lowest BCUT2D eigenvalue weighted by atomic mass is 10.1. The van der Waals surface area contributed by atoms with Crippen LogP contribution < -0.4 is 10.4 Å². The van der Waals surface area contributed by atoms with Crippen molar-refractivity contribution in [3.8, 4) is 17.1 Å². The molecule has 0 aliphatic rings. The summed E-state index contributed by atoms with van der Waals surface area (Å²) in [5.41, 5.74) is -1.62.